The first-order valence-electron chi connectivity index (χ1n) is 4.30. The molecule has 3 heteroatoms. The molecule has 0 radical (unpaired) electrons. The first-order valence-corrected chi connectivity index (χ1v) is 4.30. The molecular formula is C9H17IN2. The molecule has 70 valence electrons. The molecule has 0 unspecified atom stereocenters. The zero-order chi connectivity index (χ0) is 8.27. The standard InChI is InChI=1S/C9H16N2.HI/c1-4-6-11-7-9(5-2)10-8(11)3;/h7H,4-6H2,1-3H3;1H. The molecule has 1 heterocycles. The summed E-state index contributed by atoms with van der Waals surface area (Å²) in [6.45, 7) is 7.48. The summed E-state index contributed by atoms with van der Waals surface area (Å²) in [5, 5.41) is 0. The van der Waals surface area contributed by atoms with E-state index in [-0.39, 0.29) is 24.0 Å². The number of halogens is 1. The van der Waals surface area contributed by atoms with Gasteiger partial charge in [-0.25, -0.2) is 4.98 Å². The summed E-state index contributed by atoms with van der Waals surface area (Å²) < 4.78 is 2.22. The van der Waals surface area contributed by atoms with Crippen molar-refractivity contribution in [2.24, 2.45) is 0 Å². The summed E-state index contributed by atoms with van der Waals surface area (Å²) in [6.07, 6.45) is 4.37. The van der Waals surface area contributed by atoms with Gasteiger partial charge in [0, 0.05) is 12.7 Å². The average Bonchev–Trinajstić information content (AvgIpc) is 2.33. The van der Waals surface area contributed by atoms with Gasteiger partial charge in [-0.2, -0.15) is 0 Å². The van der Waals surface area contributed by atoms with Crippen molar-refractivity contribution in [3.63, 3.8) is 0 Å². The normalized spacial score (nSPS) is 9.58. The third kappa shape index (κ3) is 2.77. The van der Waals surface area contributed by atoms with Gasteiger partial charge in [0.05, 0.1) is 5.69 Å². The van der Waals surface area contributed by atoms with Gasteiger partial charge in [-0.05, 0) is 19.8 Å². The van der Waals surface area contributed by atoms with Gasteiger partial charge in [0.15, 0.2) is 0 Å². The van der Waals surface area contributed by atoms with E-state index in [2.05, 4.69) is 36.5 Å². The Morgan fingerprint density at radius 1 is 1.42 bits per heavy atom. The molecule has 0 atom stereocenters. The van der Waals surface area contributed by atoms with Gasteiger partial charge in [-0.3, -0.25) is 0 Å². The van der Waals surface area contributed by atoms with Crippen LogP contribution in [-0.2, 0) is 13.0 Å². The molecule has 0 aliphatic carbocycles. The Hall–Kier alpha value is -0.0600. The fourth-order valence-corrected chi connectivity index (χ4v) is 1.21. The van der Waals surface area contributed by atoms with Crippen molar-refractivity contribution in [2.75, 3.05) is 0 Å². The Bertz CT molecular complexity index is 230. The minimum Gasteiger partial charge on any atom is -0.335 e. The second-order valence-corrected chi connectivity index (χ2v) is 2.83. The van der Waals surface area contributed by atoms with Gasteiger partial charge < -0.3 is 4.57 Å². The molecule has 0 spiro atoms. The highest BCUT2D eigenvalue weighted by atomic mass is 127. The summed E-state index contributed by atoms with van der Waals surface area (Å²) in [5.41, 5.74) is 1.20. The smallest absolute Gasteiger partial charge is 0.105 e. The van der Waals surface area contributed by atoms with Crippen molar-refractivity contribution < 1.29 is 0 Å². The minimum atomic E-state index is 0. The number of aromatic nitrogens is 2. The second-order valence-electron chi connectivity index (χ2n) is 2.83. The van der Waals surface area contributed by atoms with Crippen LogP contribution in [0, 0.1) is 6.92 Å². The van der Waals surface area contributed by atoms with Crippen LogP contribution in [0.5, 0.6) is 0 Å². The molecule has 0 bridgehead atoms. The van der Waals surface area contributed by atoms with Crippen LogP contribution in [-0.4, -0.2) is 9.55 Å². The number of hydrogen-bond acceptors (Lipinski definition) is 1. The van der Waals surface area contributed by atoms with Crippen LogP contribution >= 0.6 is 24.0 Å². The number of hydrogen-bond donors (Lipinski definition) is 0. The third-order valence-corrected chi connectivity index (χ3v) is 1.85. The molecule has 0 aliphatic heterocycles. The summed E-state index contributed by atoms with van der Waals surface area (Å²) in [7, 11) is 0. The van der Waals surface area contributed by atoms with Gasteiger partial charge in [-0.1, -0.05) is 13.8 Å². The van der Waals surface area contributed by atoms with Crippen LogP contribution in [0.2, 0.25) is 0 Å². The number of rotatable bonds is 3. The monoisotopic (exact) mass is 280 g/mol. The van der Waals surface area contributed by atoms with Crippen molar-refractivity contribution >= 4 is 24.0 Å². The van der Waals surface area contributed by atoms with Crippen LogP contribution in [0.25, 0.3) is 0 Å². The lowest BCUT2D eigenvalue weighted by Crippen LogP contribution is -1.96. The third-order valence-electron chi connectivity index (χ3n) is 1.85. The van der Waals surface area contributed by atoms with Gasteiger partial charge >= 0.3 is 0 Å². The maximum Gasteiger partial charge on any atom is 0.105 e. The van der Waals surface area contributed by atoms with E-state index < -0.39 is 0 Å². The van der Waals surface area contributed by atoms with Crippen molar-refractivity contribution in [2.45, 2.75) is 40.2 Å². The molecule has 0 aromatic carbocycles. The molecule has 2 nitrogen and oxygen atoms in total. The van der Waals surface area contributed by atoms with E-state index in [1.165, 1.54) is 12.1 Å². The van der Waals surface area contributed by atoms with Crippen molar-refractivity contribution in [3.8, 4) is 0 Å². The summed E-state index contributed by atoms with van der Waals surface area (Å²) in [6, 6.07) is 0. The zero-order valence-electron chi connectivity index (χ0n) is 8.00. The van der Waals surface area contributed by atoms with Gasteiger partial charge in [0.1, 0.15) is 5.82 Å². The fraction of sp³-hybridized carbons (Fsp3) is 0.667. The van der Waals surface area contributed by atoms with Crippen molar-refractivity contribution in [3.05, 3.63) is 17.7 Å². The van der Waals surface area contributed by atoms with Crippen LogP contribution < -0.4 is 0 Å². The van der Waals surface area contributed by atoms with E-state index in [0.29, 0.717) is 0 Å². The molecule has 0 N–H and O–H groups in total. The molecular weight excluding hydrogens is 263 g/mol. The molecule has 0 amide bonds. The lowest BCUT2D eigenvalue weighted by Gasteiger charge is -1.99. The molecule has 1 rings (SSSR count). The first-order chi connectivity index (χ1) is 5.27. The SMILES string of the molecule is CCCn1cc(CC)nc1C.I. The zero-order valence-corrected chi connectivity index (χ0v) is 10.3. The minimum absolute atomic E-state index is 0. The molecule has 1 aromatic heterocycles. The van der Waals surface area contributed by atoms with Gasteiger partial charge in [0.25, 0.3) is 0 Å². The van der Waals surface area contributed by atoms with Crippen molar-refractivity contribution in [1.29, 1.82) is 0 Å². The Kier molecular flexibility index (Phi) is 5.53. The van der Waals surface area contributed by atoms with E-state index >= 15 is 0 Å². The Labute approximate surface area is 91.4 Å². The van der Waals surface area contributed by atoms with E-state index in [1.807, 2.05) is 0 Å². The van der Waals surface area contributed by atoms with Crippen LogP contribution in [0.3, 0.4) is 0 Å². The van der Waals surface area contributed by atoms with Gasteiger partial charge in [0.2, 0.25) is 0 Å². The Morgan fingerprint density at radius 3 is 2.50 bits per heavy atom. The summed E-state index contributed by atoms with van der Waals surface area (Å²) in [5.74, 6) is 1.14. The van der Waals surface area contributed by atoms with Crippen molar-refractivity contribution in [1.82, 2.24) is 9.55 Å². The Morgan fingerprint density at radius 2 is 2.08 bits per heavy atom. The molecule has 0 fully saturated rings. The highest BCUT2D eigenvalue weighted by Gasteiger charge is 1.99. The van der Waals surface area contributed by atoms with E-state index in [0.717, 1.165) is 18.8 Å². The van der Waals surface area contributed by atoms with Crippen LogP contribution in [0.1, 0.15) is 31.8 Å². The lowest BCUT2D eigenvalue weighted by atomic mass is 10.4. The molecule has 0 aliphatic rings. The van der Waals surface area contributed by atoms with Crippen LogP contribution in [0.15, 0.2) is 6.20 Å². The average molecular weight is 280 g/mol. The largest absolute Gasteiger partial charge is 0.335 e. The quantitative estimate of drug-likeness (QED) is 0.778. The molecule has 0 saturated carbocycles. The van der Waals surface area contributed by atoms with E-state index in [1.54, 1.807) is 0 Å². The number of nitrogens with zero attached hydrogens (tertiary/aromatic N) is 2. The molecule has 1 aromatic rings. The fourth-order valence-electron chi connectivity index (χ4n) is 1.21. The summed E-state index contributed by atoms with van der Waals surface area (Å²) >= 11 is 0. The molecule has 0 saturated heterocycles. The number of imidazole rings is 1. The molecule has 12 heavy (non-hydrogen) atoms. The Balaban J connectivity index is 0.00000121. The van der Waals surface area contributed by atoms with Gasteiger partial charge in [-0.15, -0.1) is 24.0 Å². The van der Waals surface area contributed by atoms with Crippen LogP contribution in [0.4, 0.5) is 0 Å². The highest BCUT2D eigenvalue weighted by molar-refractivity contribution is 14.0. The second kappa shape index (κ2) is 5.56. The first kappa shape index (κ1) is 11.9. The topological polar surface area (TPSA) is 17.8 Å². The number of aryl methyl sites for hydroxylation is 3. The lowest BCUT2D eigenvalue weighted by molar-refractivity contribution is 0.657. The predicted octanol–water partition coefficient (Wildman–Crippen LogP) is 2.78. The predicted molar refractivity (Wildman–Crippen MR) is 62.0 cm³/mol. The maximum absolute atomic E-state index is 4.41. The van der Waals surface area contributed by atoms with E-state index in [4.69, 9.17) is 0 Å². The van der Waals surface area contributed by atoms with E-state index in [9.17, 15) is 0 Å². The highest BCUT2D eigenvalue weighted by Crippen LogP contribution is 2.03. The summed E-state index contributed by atoms with van der Waals surface area (Å²) in [4.78, 5) is 4.41. The maximum atomic E-state index is 4.41.